The van der Waals surface area contributed by atoms with E-state index >= 15 is 0 Å². The minimum Gasteiger partial charge on any atom is -0.354 e. The first-order chi connectivity index (χ1) is 25.8. The Kier molecular flexibility index (Phi) is 8.94. The topological polar surface area (TPSA) is 24.1 Å². The molecule has 248 valence electrons. The predicted octanol–water partition coefficient (Wildman–Crippen LogP) is 10.3. The van der Waals surface area contributed by atoms with E-state index in [1.54, 1.807) is 0 Å². The van der Waals surface area contributed by atoms with E-state index in [9.17, 15) is 0 Å². The normalized spacial score (nSPS) is 14.8. The molecule has 8 aromatic carbocycles. The Balaban J connectivity index is 1.23. The molecule has 52 heavy (non-hydrogen) atoms. The van der Waals surface area contributed by atoms with Gasteiger partial charge in [-0.25, -0.2) is 0 Å². The van der Waals surface area contributed by atoms with Crippen LogP contribution in [0.5, 0.6) is 0 Å². The largest absolute Gasteiger partial charge is 0.354 e. The van der Waals surface area contributed by atoms with Crippen LogP contribution in [0, 0.1) is 0 Å². The van der Waals surface area contributed by atoms with Gasteiger partial charge in [-0.2, -0.15) is 0 Å². The lowest BCUT2D eigenvalue weighted by molar-refractivity contribution is 1.58. The van der Waals surface area contributed by atoms with E-state index in [0.717, 1.165) is 22.7 Å². The Morgan fingerprint density at radius 2 is 0.481 bits per heavy atom. The molecule has 0 aliphatic carbocycles. The fourth-order valence-electron chi connectivity index (χ4n) is 7.07. The van der Waals surface area contributed by atoms with Gasteiger partial charge in [0.1, 0.15) is 0 Å². The SMILES string of the molecule is c1ccc(-c2ccc(P3c4ccccc4Nc4ccccc4P(c4ccc(-c5ccccc5)cc4)c4ccccc4Nc4ccccc43)cc2)cc1. The van der Waals surface area contributed by atoms with Crippen LogP contribution in [0.4, 0.5) is 22.7 Å². The first kappa shape index (κ1) is 32.1. The molecule has 0 amide bonds. The summed E-state index contributed by atoms with van der Waals surface area (Å²) >= 11 is 0. The monoisotopic (exact) mass is 702 g/mol. The van der Waals surface area contributed by atoms with Gasteiger partial charge in [-0.1, -0.05) is 182 Å². The molecule has 1 aliphatic rings. The summed E-state index contributed by atoms with van der Waals surface area (Å²) in [5.41, 5.74) is 9.42. The number of hydrogen-bond acceptors (Lipinski definition) is 2. The zero-order valence-corrected chi connectivity index (χ0v) is 30.3. The molecule has 8 aromatic rings. The fraction of sp³-hybridized carbons (Fsp3) is 0. The molecule has 9 rings (SSSR count). The van der Waals surface area contributed by atoms with E-state index in [0.29, 0.717) is 0 Å². The minimum atomic E-state index is -0.952. The third-order valence-corrected chi connectivity index (χ3v) is 14.7. The number of nitrogens with one attached hydrogen (secondary N) is 2. The first-order valence-corrected chi connectivity index (χ1v) is 20.3. The molecule has 0 fully saturated rings. The fourth-order valence-corrected chi connectivity index (χ4v) is 12.0. The summed E-state index contributed by atoms with van der Waals surface area (Å²) in [6.45, 7) is 0. The molecule has 0 saturated carbocycles. The molecule has 0 radical (unpaired) electrons. The van der Waals surface area contributed by atoms with Crippen molar-refractivity contribution in [2.75, 3.05) is 10.6 Å². The van der Waals surface area contributed by atoms with Crippen molar-refractivity contribution in [2.24, 2.45) is 0 Å². The molecule has 0 aromatic heterocycles. The van der Waals surface area contributed by atoms with E-state index in [-0.39, 0.29) is 0 Å². The Hall–Kier alpha value is -5.78. The number of benzene rings is 8. The van der Waals surface area contributed by atoms with Gasteiger partial charge in [0.15, 0.2) is 0 Å². The zero-order valence-electron chi connectivity index (χ0n) is 28.5. The zero-order chi connectivity index (χ0) is 34.7. The van der Waals surface area contributed by atoms with Crippen LogP contribution < -0.4 is 42.5 Å². The molecule has 1 aliphatic heterocycles. The van der Waals surface area contributed by atoms with Gasteiger partial charge >= 0.3 is 0 Å². The lowest BCUT2D eigenvalue weighted by Gasteiger charge is -2.30. The van der Waals surface area contributed by atoms with Crippen LogP contribution in [0.25, 0.3) is 22.3 Å². The highest BCUT2D eigenvalue weighted by Crippen LogP contribution is 2.44. The summed E-state index contributed by atoms with van der Waals surface area (Å²) in [4.78, 5) is 0. The molecule has 4 heteroatoms. The second-order valence-corrected chi connectivity index (χ2v) is 17.1. The van der Waals surface area contributed by atoms with Gasteiger partial charge in [-0.3, -0.25) is 0 Å². The quantitative estimate of drug-likeness (QED) is 0.179. The van der Waals surface area contributed by atoms with Crippen LogP contribution in [0.1, 0.15) is 0 Å². The molecule has 2 N–H and O–H groups in total. The average molecular weight is 703 g/mol. The third kappa shape index (κ3) is 6.33. The standard InChI is InChI=1S/C48H36N2P2/c1-3-15-35(16-4-1)37-27-31-39(32-28-37)51-45-23-11-7-19-41(45)49-43-21-9-13-25-47(43)52(40-33-29-38(30-34-40)36-17-5-2-6-18-36)48-26-14-10-22-44(48)50-42-20-8-12-24-46(42)51/h1-34,49-50H. The van der Waals surface area contributed by atoms with Crippen LogP contribution in [-0.4, -0.2) is 0 Å². The average Bonchev–Trinajstić information content (AvgIpc) is 3.21. The van der Waals surface area contributed by atoms with E-state index in [2.05, 4.69) is 217 Å². The van der Waals surface area contributed by atoms with Crippen LogP contribution in [0.3, 0.4) is 0 Å². The number of hydrogen-bond donors (Lipinski definition) is 2. The molecule has 2 nitrogen and oxygen atoms in total. The number of para-hydroxylation sites is 4. The van der Waals surface area contributed by atoms with E-state index in [4.69, 9.17) is 0 Å². The van der Waals surface area contributed by atoms with Crippen LogP contribution in [0.2, 0.25) is 0 Å². The first-order valence-electron chi connectivity index (χ1n) is 17.6. The summed E-state index contributed by atoms with van der Waals surface area (Å²) in [6, 6.07) is 75.2. The molecule has 0 bridgehead atoms. The molecule has 1 heterocycles. The van der Waals surface area contributed by atoms with Gasteiger partial charge in [-0.15, -0.1) is 0 Å². The maximum Gasteiger partial charge on any atom is 0.0469 e. The Bertz CT molecular complexity index is 2190. The highest BCUT2D eigenvalue weighted by Gasteiger charge is 2.27. The molecule has 0 saturated heterocycles. The van der Waals surface area contributed by atoms with Gasteiger partial charge in [0.05, 0.1) is 0 Å². The summed E-state index contributed by atoms with van der Waals surface area (Å²) in [5.74, 6) is 0. The van der Waals surface area contributed by atoms with Gasteiger partial charge in [-0.05, 0) is 73.0 Å². The van der Waals surface area contributed by atoms with Crippen molar-refractivity contribution < 1.29 is 0 Å². The van der Waals surface area contributed by atoms with Crippen molar-refractivity contribution in [1.29, 1.82) is 0 Å². The summed E-state index contributed by atoms with van der Waals surface area (Å²) in [6.07, 6.45) is 0. The Morgan fingerprint density at radius 1 is 0.231 bits per heavy atom. The van der Waals surface area contributed by atoms with Crippen LogP contribution >= 0.6 is 15.8 Å². The van der Waals surface area contributed by atoms with Gasteiger partial charge in [0, 0.05) is 44.0 Å². The summed E-state index contributed by atoms with van der Waals surface area (Å²) in [7, 11) is -1.90. The van der Waals surface area contributed by atoms with Crippen LogP contribution in [0.15, 0.2) is 206 Å². The Morgan fingerprint density at radius 3 is 0.788 bits per heavy atom. The Labute approximate surface area is 308 Å². The highest BCUT2D eigenvalue weighted by atomic mass is 31.1. The van der Waals surface area contributed by atoms with Crippen molar-refractivity contribution >= 4 is 70.4 Å². The number of rotatable bonds is 4. The number of fused-ring (bicyclic) bond motifs is 4. The third-order valence-electron chi connectivity index (χ3n) is 9.58. The molecular weight excluding hydrogens is 666 g/mol. The molecule has 0 unspecified atom stereocenters. The van der Waals surface area contributed by atoms with Crippen molar-refractivity contribution in [3.63, 3.8) is 0 Å². The summed E-state index contributed by atoms with van der Waals surface area (Å²) < 4.78 is 0. The molecule has 0 atom stereocenters. The van der Waals surface area contributed by atoms with Crippen molar-refractivity contribution in [1.82, 2.24) is 0 Å². The van der Waals surface area contributed by atoms with Crippen molar-refractivity contribution in [3.8, 4) is 22.3 Å². The maximum atomic E-state index is 4.01. The minimum absolute atomic E-state index is 0.952. The van der Waals surface area contributed by atoms with Gasteiger partial charge in [0.25, 0.3) is 0 Å². The maximum absolute atomic E-state index is 4.01. The second-order valence-electron chi connectivity index (χ2n) is 12.8. The van der Waals surface area contributed by atoms with E-state index < -0.39 is 15.8 Å². The predicted molar refractivity (Wildman–Crippen MR) is 228 cm³/mol. The smallest absolute Gasteiger partial charge is 0.0469 e. The highest BCUT2D eigenvalue weighted by molar-refractivity contribution is 7.81. The summed E-state index contributed by atoms with van der Waals surface area (Å²) in [5, 5.41) is 15.8. The molecular formula is C48H36N2P2. The van der Waals surface area contributed by atoms with E-state index in [1.165, 1.54) is 54.1 Å². The van der Waals surface area contributed by atoms with Gasteiger partial charge < -0.3 is 10.6 Å². The van der Waals surface area contributed by atoms with Crippen LogP contribution in [-0.2, 0) is 0 Å². The van der Waals surface area contributed by atoms with Crippen molar-refractivity contribution in [2.45, 2.75) is 0 Å². The van der Waals surface area contributed by atoms with E-state index in [1.807, 2.05) is 0 Å². The molecule has 0 spiro atoms. The second kappa shape index (κ2) is 14.5. The lowest BCUT2D eigenvalue weighted by Crippen LogP contribution is -2.28. The number of anilines is 4. The van der Waals surface area contributed by atoms with Gasteiger partial charge in [0.2, 0.25) is 0 Å². The van der Waals surface area contributed by atoms with Crippen molar-refractivity contribution in [3.05, 3.63) is 206 Å². The lowest BCUT2D eigenvalue weighted by atomic mass is 10.1.